The molecule has 0 aliphatic carbocycles. The van der Waals surface area contributed by atoms with Crippen molar-refractivity contribution in [1.82, 2.24) is 0 Å². The zero-order chi connectivity index (χ0) is 27.3. The molecule has 0 saturated heterocycles. The molecular weight excluding hydrogens is 536 g/mol. The Morgan fingerprint density at radius 2 is 1.69 bits per heavy atom. The number of fused-ring (bicyclic) bond motifs is 2. The van der Waals surface area contributed by atoms with Gasteiger partial charge in [-0.05, 0) is 24.3 Å². The second-order valence-electron chi connectivity index (χ2n) is 8.62. The van der Waals surface area contributed by atoms with Crippen LogP contribution >= 0.6 is 23.1 Å². The maximum Gasteiger partial charge on any atom is 0.305 e. The lowest BCUT2D eigenvalue weighted by Gasteiger charge is -2.20. The smallest absolute Gasteiger partial charge is 0.305 e. The fraction of sp³-hybridized carbons (Fsp3) is 0.379. The molecule has 8 nitrogen and oxygen atoms in total. The van der Waals surface area contributed by atoms with Crippen LogP contribution in [-0.2, 0) is 30.3 Å². The van der Waals surface area contributed by atoms with Gasteiger partial charge in [-0.1, -0.05) is 53.4 Å². The van der Waals surface area contributed by atoms with Crippen molar-refractivity contribution in [2.75, 3.05) is 64.8 Å². The summed E-state index contributed by atoms with van der Waals surface area (Å²) in [4.78, 5) is 14.1. The highest BCUT2D eigenvalue weighted by Gasteiger charge is 2.24. The number of nitrogens with zero attached hydrogens (tertiary/aromatic N) is 2. The summed E-state index contributed by atoms with van der Waals surface area (Å²) < 4.78 is 25.4. The summed E-state index contributed by atoms with van der Waals surface area (Å²) in [6.45, 7) is 4.85. The molecule has 0 saturated carbocycles. The highest BCUT2D eigenvalue weighted by Crippen LogP contribution is 2.45. The molecule has 0 spiro atoms. The molecule has 0 radical (unpaired) electrons. The Balaban J connectivity index is 1.39. The van der Waals surface area contributed by atoms with Crippen LogP contribution in [-0.4, -0.2) is 71.0 Å². The number of aromatic nitrogens is 1. The Morgan fingerprint density at radius 1 is 0.949 bits per heavy atom. The first-order valence-electron chi connectivity index (χ1n) is 13.0. The summed E-state index contributed by atoms with van der Waals surface area (Å²) in [5, 5.41) is 11.0. The van der Waals surface area contributed by atoms with Crippen LogP contribution in [0.4, 0.5) is 5.69 Å². The van der Waals surface area contributed by atoms with Gasteiger partial charge in [0.15, 0.2) is 6.54 Å². The van der Waals surface area contributed by atoms with Crippen LogP contribution in [0.3, 0.4) is 0 Å². The molecule has 0 amide bonds. The quantitative estimate of drug-likeness (QED) is 0.182. The number of carbonyl (C=O) groups is 1. The molecule has 2 aromatic carbocycles. The molecule has 1 N–H and O–H groups in total. The van der Waals surface area contributed by atoms with E-state index in [-0.39, 0.29) is 13.0 Å². The van der Waals surface area contributed by atoms with E-state index in [4.69, 9.17) is 24.1 Å². The number of ether oxygens (including phenoxy) is 4. The zero-order valence-corrected chi connectivity index (χ0v) is 23.8. The predicted molar refractivity (Wildman–Crippen MR) is 155 cm³/mol. The number of benzene rings is 2. The molecule has 39 heavy (non-hydrogen) atoms. The first-order chi connectivity index (χ1) is 19.2. The van der Waals surface area contributed by atoms with E-state index >= 15 is 0 Å². The SMILES string of the molecule is COCCOCC[n+]1c(/C=C/C=C2\Sc3ccccc3N2CCOCCOCCC(=O)O)sc2ccccc21. The van der Waals surface area contributed by atoms with Crippen LogP contribution in [0.1, 0.15) is 11.4 Å². The van der Waals surface area contributed by atoms with Gasteiger partial charge in [0.25, 0.3) is 5.01 Å². The highest BCUT2D eigenvalue weighted by atomic mass is 32.2. The van der Waals surface area contributed by atoms with E-state index in [1.54, 1.807) is 30.2 Å². The third-order valence-corrected chi connectivity index (χ3v) is 8.19. The van der Waals surface area contributed by atoms with E-state index in [0.717, 1.165) is 11.6 Å². The number of para-hydroxylation sites is 2. The lowest BCUT2D eigenvalue weighted by Crippen LogP contribution is -2.37. The van der Waals surface area contributed by atoms with E-state index in [1.807, 2.05) is 0 Å². The minimum absolute atomic E-state index is 0.00706. The lowest BCUT2D eigenvalue weighted by molar-refractivity contribution is -0.670. The number of thiazole rings is 1. The van der Waals surface area contributed by atoms with Crippen molar-refractivity contribution < 1.29 is 33.4 Å². The van der Waals surface area contributed by atoms with E-state index in [0.29, 0.717) is 46.2 Å². The average molecular weight is 572 g/mol. The summed E-state index contributed by atoms with van der Waals surface area (Å²) in [6, 6.07) is 16.8. The van der Waals surface area contributed by atoms with Crippen LogP contribution in [0.5, 0.6) is 0 Å². The van der Waals surface area contributed by atoms with Crippen molar-refractivity contribution >= 4 is 51.0 Å². The molecule has 3 aromatic rings. The summed E-state index contributed by atoms with van der Waals surface area (Å²) in [7, 11) is 1.68. The molecule has 1 aromatic heterocycles. The van der Waals surface area contributed by atoms with Gasteiger partial charge in [-0.3, -0.25) is 4.79 Å². The Bertz CT molecular complexity index is 1280. The van der Waals surface area contributed by atoms with Crippen LogP contribution < -0.4 is 9.47 Å². The van der Waals surface area contributed by atoms with Crippen molar-refractivity contribution in [1.29, 1.82) is 0 Å². The van der Waals surface area contributed by atoms with E-state index in [9.17, 15) is 4.79 Å². The summed E-state index contributed by atoms with van der Waals surface area (Å²) >= 11 is 3.52. The summed E-state index contributed by atoms with van der Waals surface area (Å²) in [6.07, 6.45) is 6.45. The van der Waals surface area contributed by atoms with E-state index in [2.05, 4.69) is 76.2 Å². The molecule has 10 heteroatoms. The monoisotopic (exact) mass is 571 g/mol. The molecule has 4 rings (SSSR count). The number of allylic oxidation sites excluding steroid dienone is 2. The highest BCUT2D eigenvalue weighted by molar-refractivity contribution is 8.03. The average Bonchev–Trinajstić information content (AvgIpc) is 3.47. The Morgan fingerprint density at radius 3 is 2.54 bits per heavy atom. The molecule has 1 aliphatic rings. The Labute approximate surface area is 237 Å². The maximum absolute atomic E-state index is 10.6. The van der Waals surface area contributed by atoms with Crippen LogP contribution in [0.15, 0.2) is 70.6 Å². The largest absolute Gasteiger partial charge is 0.481 e. The maximum atomic E-state index is 10.6. The van der Waals surface area contributed by atoms with Gasteiger partial charge in [0, 0.05) is 30.7 Å². The second-order valence-corrected chi connectivity index (χ2v) is 10.7. The molecule has 0 fully saturated rings. The summed E-state index contributed by atoms with van der Waals surface area (Å²) in [5.74, 6) is -0.858. The van der Waals surface area contributed by atoms with Crippen LogP contribution in [0.25, 0.3) is 16.3 Å². The fourth-order valence-corrected chi connectivity index (χ4v) is 6.27. The van der Waals surface area contributed by atoms with E-state index < -0.39 is 5.97 Å². The topological polar surface area (TPSA) is 81.3 Å². The number of anilines is 1. The standard InChI is InChI=1S/C29H34N2O6S2/c1-34-19-20-36-17-14-30-23-7-2-4-9-25(23)38-27(30)11-6-12-28-31(24-8-3-5-10-26(24)39-28)15-18-37-22-21-35-16-13-29(32)33/h2-12H,13-22H2,1H3/p+1. The predicted octanol–water partition coefficient (Wildman–Crippen LogP) is 4.83. The van der Waals surface area contributed by atoms with Gasteiger partial charge >= 0.3 is 5.97 Å². The number of carboxylic acids is 1. The Kier molecular flexibility index (Phi) is 11.8. The van der Waals surface area contributed by atoms with Gasteiger partial charge in [0.2, 0.25) is 5.52 Å². The zero-order valence-electron chi connectivity index (χ0n) is 22.1. The van der Waals surface area contributed by atoms with Crippen molar-refractivity contribution in [3.8, 4) is 0 Å². The molecular formula is C29H35N2O6S2+. The molecule has 2 heterocycles. The number of thioether (sulfide) groups is 1. The molecule has 0 atom stereocenters. The van der Waals surface area contributed by atoms with E-state index in [1.165, 1.54) is 25.8 Å². The molecule has 208 valence electrons. The summed E-state index contributed by atoms with van der Waals surface area (Å²) in [5.41, 5.74) is 2.38. The first-order valence-corrected chi connectivity index (χ1v) is 14.6. The minimum Gasteiger partial charge on any atom is -0.481 e. The van der Waals surface area contributed by atoms with Crippen molar-refractivity contribution in [2.45, 2.75) is 17.9 Å². The van der Waals surface area contributed by atoms with Gasteiger partial charge in [-0.2, -0.15) is 4.57 Å². The molecule has 0 unspecified atom stereocenters. The number of rotatable bonds is 17. The number of hydrogen-bond acceptors (Lipinski definition) is 8. The van der Waals surface area contributed by atoms with Gasteiger partial charge < -0.3 is 29.0 Å². The van der Waals surface area contributed by atoms with Crippen LogP contribution in [0.2, 0.25) is 0 Å². The van der Waals surface area contributed by atoms with Crippen molar-refractivity contribution in [3.63, 3.8) is 0 Å². The van der Waals surface area contributed by atoms with Gasteiger partial charge in [0.1, 0.15) is 11.3 Å². The third kappa shape index (κ3) is 8.63. The van der Waals surface area contributed by atoms with Crippen LogP contribution in [0, 0.1) is 0 Å². The normalized spacial score (nSPS) is 14.2. The minimum atomic E-state index is -0.858. The number of aliphatic carboxylic acids is 1. The number of hydrogen-bond donors (Lipinski definition) is 1. The lowest BCUT2D eigenvalue weighted by atomic mass is 10.3. The van der Waals surface area contributed by atoms with Gasteiger partial charge in [-0.15, -0.1) is 0 Å². The molecule has 0 bridgehead atoms. The van der Waals surface area contributed by atoms with Gasteiger partial charge in [0.05, 0.1) is 56.8 Å². The second kappa shape index (κ2) is 15.8. The van der Waals surface area contributed by atoms with Crippen molar-refractivity contribution in [2.24, 2.45) is 0 Å². The van der Waals surface area contributed by atoms with Gasteiger partial charge in [-0.25, -0.2) is 0 Å². The Hall–Kier alpha value is -2.73. The van der Waals surface area contributed by atoms with Crippen molar-refractivity contribution in [3.05, 3.63) is 70.7 Å². The fourth-order valence-electron chi connectivity index (χ4n) is 4.07. The number of carboxylic acid groups (broad SMARTS) is 1. The third-order valence-electron chi connectivity index (χ3n) is 5.93. The molecule has 1 aliphatic heterocycles. The first kappa shape index (κ1) is 29.3. The number of methoxy groups -OCH3 is 1.